The van der Waals surface area contributed by atoms with E-state index in [1.54, 1.807) is 38.3 Å². The molecule has 0 radical (unpaired) electrons. The molecule has 4 rings (SSSR count). The van der Waals surface area contributed by atoms with Gasteiger partial charge in [-0.3, -0.25) is 14.5 Å². The molecule has 8 nitrogen and oxygen atoms in total. The highest BCUT2D eigenvalue weighted by Gasteiger charge is 2.42. The van der Waals surface area contributed by atoms with Crippen molar-refractivity contribution in [2.45, 2.75) is 13.0 Å². The first kappa shape index (κ1) is 24.7. The van der Waals surface area contributed by atoms with Gasteiger partial charge in [0, 0.05) is 16.6 Å². The van der Waals surface area contributed by atoms with E-state index >= 15 is 0 Å². The average Bonchev–Trinajstić information content (AvgIpc) is 3.32. The summed E-state index contributed by atoms with van der Waals surface area (Å²) < 4.78 is 10.1. The SMILES string of the molecule is Br.COC(=O)C1=C(C)N=C2SC(C(=O)Nc3ccc(OC)cc3)=CC(=O)N2C1c1cccs1. The number of hydrogen-bond acceptors (Lipinski definition) is 8. The van der Waals surface area contributed by atoms with Gasteiger partial charge in [-0.05, 0) is 54.4 Å². The molecule has 0 saturated heterocycles. The fourth-order valence-corrected chi connectivity index (χ4v) is 5.16. The Hall–Kier alpha value is -2.89. The lowest BCUT2D eigenvalue weighted by Crippen LogP contribution is -2.44. The Morgan fingerprint density at radius 3 is 2.48 bits per heavy atom. The monoisotopic (exact) mass is 549 g/mol. The first-order valence-corrected chi connectivity index (χ1v) is 11.2. The van der Waals surface area contributed by atoms with Crippen LogP contribution in [0.3, 0.4) is 0 Å². The molecule has 33 heavy (non-hydrogen) atoms. The molecular weight excluding hydrogens is 530 g/mol. The highest BCUT2D eigenvalue weighted by Crippen LogP contribution is 2.43. The highest BCUT2D eigenvalue weighted by atomic mass is 79.9. The summed E-state index contributed by atoms with van der Waals surface area (Å²) >= 11 is 2.50. The second-order valence-electron chi connectivity index (χ2n) is 6.80. The van der Waals surface area contributed by atoms with Gasteiger partial charge in [0.25, 0.3) is 11.8 Å². The number of carbonyl (C=O) groups excluding carboxylic acids is 3. The van der Waals surface area contributed by atoms with Gasteiger partial charge in [0.05, 0.1) is 30.4 Å². The maximum absolute atomic E-state index is 13.1. The summed E-state index contributed by atoms with van der Waals surface area (Å²) in [7, 11) is 2.85. The summed E-state index contributed by atoms with van der Waals surface area (Å²) in [5, 5.41) is 4.98. The van der Waals surface area contributed by atoms with Crippen LogP contribution in [0.2, 0.25) is 0 Å². The van der Waals surface area contributed by atoms with Gasteiger partial charge in [0.1, 0.15) is 11.8 Å². The molecular formula is C22H20BrN3O5S2. The Morgan fingerprint density at radius 1 is 1.15 bits per heavy atom. The van der Waals surface area contributed by atoms with E-state index in [0.29, 0.717) is 27.9 Å². The van der Waals surface area contributed by atoms with E-state index in [1.165, 1.54) is 29.4 Å². The van der Waals surface area contributed by atoms with Crippen LogP contribution in [0.4, 0.5) is 5.69 Å². The Labute approximate surface area is 209 Å². The molecule has 2 aliphatic rings. The number of methoxy groups -OCH3 is 2. The van der Waals surface area contributed by atoms with Crippen LogP contribution in [0.5, 0.6) is 5.75 Å². The molecule has 0 saturated carbocycles. The number of rotatable bonds is 5. The minimum absolute atomic E-state index is 0. The van der Waals surface area contributed by atoms with Crippen molar-refractivity contribution in [1.29, 1.82) is 0 Å². The summed E-state index contributed by atoms with van der Waals surface area (Å²) in [5.74, 6) is -0.743. The van der Waals surface area contributed by atoms with E-state index in [1.807, 2.05) is 17.5 Å². The molecule has 2 aromatic rings. The molecule has 1 aromatic carbocycles. The molecule has 3 heterocycles. The van der Waals surface area contributed by atoms with E-state index in [4.69, 9.17) is 9.47 Å². The van der Waals surface area contributed by atoms with Crippen molar-refractivity contribution >= 4 is 68.7 Å². The average molecular weight is 550 g/mol. The zero-order valence-electron chi connectivity index (χ0n) is 17.9. The van der Waals surface area contributed by atoms with Gasteiger partial charge in [-0.25, -0.2) is 9.79 Å². The molecule has 0 bridgehead atoms. The number of esters is 1. The third-order valence-corrected chi connectivity index (χ3v) is 6.79. The summed E-state index contributed by atoms with van der Waals surface area (Å²) in [5.41, 5.74) is 1.31. The lowest BCUT2D eigenvalue weighted by atomic mass is 10.0. The number of aliphatic imine (C=N–C) groups is 1. The smallest absolute Gasteiger partial charge is 0.338 e. The Bertz CT molecular complexity index is 1170. The van der Waals surface area contributed by atoms with Gasteiger partial charge in [-0.15, -0.1) is 28.3 Å². The van der Waals surface area contributed by atoms with Gasteiger partial charge in [-0.2, -0.15) is 0 Å². The third-order valence-electron chi connectivity index (χ3n) is 4.87. The Balaban J connectivity index is 0.00000306. The molecule has 0 aliphatic carbocycles. The number of allylic oxidation sites excluding steroid dienone is 1. The molecule has 1 N–H and O–H groups in total. The van der Waals surface area contributed by atoms with Crippen LogP contribution < -0.4 is 10.1 Å². The molecule has 1 atom stereocenters. The number of carbonyl (C=O) groups is 3. The minimum Gasteiger partial charge on any atom is -0.497 e. The van der Waals surface area contributed by atoms with E-state index in [2.05, 4.69) is 10.3 Å². The molecule has 11 heteroatoms. The van der Waals surface area contributed by atoms with Crippen molar-refractivity contribution in [2.75, 3.05) is 19.5 Å². The molecule has 2 amide bonds. The fraction of sp³-hybridized carbons (Fsp3) is 0.182. The quantitative estimate of drug-likeness (QED) is 0.558. The van der Waals surface area contributed by atoms with Gasteiger partial charge in [0.15, 0.2) is 5.17 Å². The maximum Gasteiger partial charge on any atom is 0.338 e. The number of amides is 2. The van der Waals surface area contributed by atoms with Crippen LogP contribution in [-0.4, -0.2) is 42.1 Å². The number of fused-ring (bicyclic) bond motifs is 1. The maximum atomic E-state index is 13.1. The van der Waals surface area contributed by atoms with Crippen LogP contribution in [0.15, 0.2) is 69.0 Å². The number of nitrogens with zero attached hydrogens (tertiary/aromatic N) is 2. The van der Waals surface area contributed by atoms with Crippen molar-refractivity contribution in [3.05, 3.63) is 68.9 Å². The predicted molar refractivity (Wildman–Crippen MR) is 134 cm³/mol. The van der Waals surface area contributed by atoms with E-state index < -0.39 is 23.8 Å². The van der Waals surface area contributed by atoms with Crippen LogP contribution in [0.25, 0.3) is 0 Å². The Morgan fingerprint density at radius 2 is 1.88 bits per heavy atom. The summed E-state index contributed by atoms with van der Waals surface area (Å²) in [4.78, 5) is 45.3. The lowest BCUT2D eigenvalue weighted by molar-refractivity contribution is -0.137. The van der Waals surface area contributed by atoms with Crippen molar-refractivity contribution < 1.29 is 23.9 Å². The van der Waals surface area contributed by atoms with Crippen LogP contribution in [-0.2, 0) is 19.1 Å². The number of halogens is 1. The number of anilines is 1. The zero-order valence-corrected chi connectivity index (χ0v) is 21.2. The van der Waals surface area contributed by atoms with Gasteiger partial charge in [0.2, 0.25) is 0 Å². The summed E-state index contributed by atoms with van der Waals surface area (Å²) in [6.45, 7) is 1.69. The van der Waals surface area contributed by atoms with Gasteiger partial charge >= 0.3 is 5.97 Å². The predicted octanol–water partition coefficient (Wildman–Crippen LogP) is 4.29. The van der Waals surface area contributed by atoms with Crippen LogP contribution in [0, 0.1) is 0 Å². The second kappa shape index (κ2) is 10.4. The molecule has 1 unspecified atom stereocenters. The molecule has 172 valence electrons. The number of nitrogens with one attached hydrogen (secondary N) is 1. The molecule has 1 aromatic heterocycles. The van der Waals surface area contributed by atoms with Crippen molar-refractivity contribution in [2.24, 2.45) is 4.99 Å². The van der Waals surface area contributed by atoms with Gasteiger partial charge < -0.3 is 14.8 Å². The van der Waals surface area contributed by atoms with Crippen LogP contribution >= 0.6 is 40.1 Å². The van der Waals surface area contributed by atoms with E-state index in [9.17, 15) is 14.4 Å². The minimum atomic E-state index is -0.669. The number of benzene rings is 1. The van der Waals surface area contributed by atoms with Crippen molar-refractivity contribution in [3.63, 3.8) is 0 Å². The molecule has 2 aliphatic heterocycles. The van der Waals surface area contributed by atoms with E-state index in [0.717, 1.165) is 16.6 Å². The normalized spacial score (nSPS) is 17.4. The first-order chi connectivity index (χ1) is 15.4. The topological polar surface area (TPSA) is 97.3 Å². The van der Waals surface area contributed by atoms with Crippen molar-refractivity contribution in [1.82, 2.24) is 4.90 Å². The van der Waals surface area contributed by atoms with E-state index in [-0.39, 0.29) is 21.9 Å². The highest BCUT2D eigenvalue weighted by molar-refractivity contribution is 8.93. The molecule has 0 fully saturated rings. The largest absolute Gasteiger partial charge is 0.497 e. The third kappa shape index (κ3) is 4.90. The van der Waals surface area contributed by atoms with Crippen LogP contribution in [0.1, 0.15) is 17.8 Å². The number of thiophene rings is 1. The fourth-order valence-electron chi connectivity index (χ4n) is 3.36. The second-order valence-corrected chi connectivity index (χ2v) is 8.79. The number of ether oxygens (including phenoxy) is 2. The standard InChI is InChI=1S/C22H19N3O5S2.BrH/c1-12-18(21(28)30-3)19(15-5-4-10-31-15)25-17(26)11-16(32-22(25)23-12)20(27)24-13-6-8-14(29-2)9-7-13;/h4-11,19H,1-3H3,(H,24,27);1H. The lowest BCUT2D eigenvalue weighted by Gasteiger charge is -2.37. The summed E-state index contributed by atoms with van der Waals surface area (Å²) in [6, 6.07) is 9.90. The Kier molecular flexibility index (Phi) is 7.77. The zero-order chi connectivity index (χ0) is 22.8. The number of hydrogen-bond donors (Lipinski definition) is 1. The number of thioether (sulfide) groups is 1. The summed E-state index contributed by atoms with van der Waals surface area (Å²) in [6.07, 6.45) is 1.26. The number of amidine groups is 1. The van der Waals surface area contributed by atoms with Gasteiger partial charge in [-0.1, -0.05) is 6.07 Å². The first-order valence-electron chi connectivity index (χ1n) is 9.52. The molecule has 0 spiro atoms. The van der Waals surface area contributed by atoms with Crippen molar-refractivity contribution in [3.8, 4) is 5.75 Å².